The van der Waals surface area contributed by atoms with Gasteiger partial charge in [0.15, 0.2) is 0 Å². The summed E-state index contributed by atoms with van der Waals surface area (Å²) in [5, 5.41) is 2.83. The number of nitrogens with zero attached hydrogens (tertiary/aromatic N) is 3. The summed E-state index contributed by atoms with van der Waals surface area (Å²) in [7, 11) is 3.88. The second-order valence-corrected chi connectivity index (χ2v) is 7.57. The van der Waals surface area contributed by atoms with Gasteiger partial charge in [0.05, 0.1) is 6.54 Å². The Bertz CT molecular complexity index is 609. The van der Waals surface area contributed by atoms with Crippen molar-refractivity contribution in [3.8, 4) is 0 Å². The summed E-state index contributed by atoms with van der Waals surface area (Å²) in [6.45, 7) is 7.61. The Morgan fingerprint density at radius 2 is 2.04 bits per heavy atom. The van der Waals surface area contributed by atoms with Crippen LogP contribution in [0.1, 0.15) is 32.8 Å². The second kappa shape index (κ2) is 11.3. The van der Waals surface area contributed by atoms with Crippen molar-refractivity contribution in [2.24, 2.45) is 0 Å². The van der Waals surface area contributed by atoms with Crippen molar-refractivity contribution in [2.75, 3.05) is 33.7 Å². The monoisotopic (exact) mass is 376 g/mol. The molecule has 1 aromatic heterocycles. The molecule has 0 aromatic carbocycles. The van der Waals surface area contributed by atoms with Gasteiger partial charge in [-0.1, -0.05) is 12.1 Å². The van der Waals surface area contributed by atoms with Crippen LogP contribution in [0.15, 0.2) is 36.7 Å². The highest BCUT2D eigenvalue weighted by atomic mass is 16.6. The first-order valence-electron chi connectivity index (χ1n) is 9.13. The molecule has 0 aliphatic heterocycles. The van der Waals surface area contributed by atoms with E-state index in [1.54, 1.807) is 17.3 Å². The summed E-state index contributed by atoms with van der Waals surface area (Å²) in [4.78, 5) is 31.9. The van der Waals surface area contributed by atoms with Crippen molar-refractivity contribution < 1.29 is 14.3 Å². The number of nitrogens with one attached hydrogen (secondary N) is 1. The van der Waals surface area contributed by atoms with Gasteiger partial charge < -0.3 is 19.9 Å². The second-order valence-electron chi connectivity index (χ2n) is 7.57. The smallest absolute Gasteiger partial charge is 0.410 e. The molecule has 1 rings (SSSR count). The summed E-state index contributed by atoms with van der Waals surface area (Å²) in [6.07, 6.45) is 7.03. The lowest BCUT2D eigenvalue weighted by molar-refractivity contribution is -0.116. The number of hydrogen-bond acceptors (Lipinski definition) is 5. The summed E-state index contributed by atoms with van der Waals surface area (Å²) in [5.41, 5.74) is 0.370. The molecular weight excluding hydrogens is 344 g/mol. The van der Waals surface area contributed by atoms with Crippen LogP contribution in [0.25, 0.3) is 0 Å². The predicted molar refractivity (Wildman–Crippen MR) is 106 cm³/mol. The van der Waals surface area contributed by atoms with Gasteiger partial charge in [0.1, 0.15) is 5.60 Å². The average Bonchev–Trinajstić information content (AvgIpc) is 2.56. The number of ether oxygens (including phenoxy) is 1. The minimum Gasteiger partial charge on any atom is -0.444 e. The Balaban J connectivity index is 2.52. The van der Waals surface area contributed by atoms with Gasteiger partial charge in [0.25, 0.3) is 0 Å². The molecule has 0 saturated carbocycles. The molecule has 27 heavy (non-hydrogen) atoms. The lowest BCUT2D eigenvalue weighted by atomic mass is 10.2. The summed E-state index contributed by atoms with van der Waals surface area (Å²) in [6, 6.07) is 3.75. The molecule has 0 saturated heterocycles. The molecule has 0 aliphatic carbocycles. The van der Waals surface area contributed by atoms with E-state index in [1.165, 1.54) is 6.08 Å². The lowest BCUT2D eigenvalue weighted by Gasteiger charge is -2.27. The fraction of sp³-hybridized carbons (Fsp3) is 0.550. The van der Waals surface area contributed by atoms with E-state index in [2.05, 4.69) is 10.3 Å². The number of likely N-dealkylation sites (N-methyl/N-ethyl adjacent to an activating group) is 1. The Hall–Kier alpha value is -2.41. The Kier molecular flexibility index (Phi) is 9.50. The molecule has 0 atom stereocenters. The zero-order chi connectivity index (χ0) is 20.3. The van der Waals surface area contributed by atoms with Gasteiger partial charge in [-0.15, -0.1) is 0 Å². The number of carbonyl (C=O) groups is 2. The Morgan fingerprint density at radius 3 is 2.63 bits per heavy atom. The van der Waals surface area contributed by atoms with Crippen LogP contribution in [0.3, 0.4) is 0 Å². The molecular formula is C20H32N4O3. The third kappa shape index (κ3) is 11.0. The van der Waals surface area contributed by atoms with Gasteiger partial charge >= 0.3 is 6.09 Å². The minimum absolute atomic E-state index is 0.132. The lowest BCUT2D eigenvalue weighted by Crippen LogP contribution is -2.38. The van der Waals surface area contributed by atoms with Crippen LogP contribution in [-0.4, -0.2) is 66.1 Å². The van der Waals surface area contributed by atoms with Gasteiger partial charge in [0.2, 0.25) is 5.91 Å². The molecule has 0 fully saturated rings. The van der Waals surface area contributed by atoms with Gasteiger partial charge in [-0.05, 0) is 52.9 Å². The van der Waals surface area contributed by atoms with Crippen molar-refractivity contribution in [3.05, 3.63) is 42.2 Å². The highest BCUT2D eigenvalue weighted by molar-refractivity contribution is 5.87. The third-order valence-corrected chi connectivity index (χ3v) is 3.39. The molecule has 1 N–H and O–H groups in total. The molecule has 0 unspecified atom stereocenters. The summed E-state index contributed by atoms with van der Waals surface area (Å²) >= 11 is 0. The SMILES string of the molecule is CN(C)C/C=C/C(=O)NCCCN(Cc1cccnc1)C(=O)OC(C)(C)C. The fourth-order valence-corrected chi connectivity index (χ4v) is 2.18. The predicted octanol–water partition coefficient (Wildman–Crippen LogP) is 2.44. The Morgan fingerprint density at radius 1 is 1.30 bits per heavy atom. The summed E-state index contributed by atoms with van der Waals surface area (Å²) < 4.78 is 5.49. The highest BCUT2D eigenvalue weighted by Gasteiger charge is 2.22. The third-order valence-electron chi connectivity index (χ3n) is 3.39. The normalized spacial score (nSPS) is 11.6. The minimum atomic E-state index is -0.560. The van der Waals surface area contributed by atoms with Gasteiger partial charge in [0, 0.05) is 38.1 Å². The molecule has 7 heteroatoms. The molecule has 0 aliphatic rings. The van der Waals surface area contributed by atoms with E-state index in [-0.39, 0.29) is 12.0 Å². The maximum atomic E-state index is 12.5. The van der Waals surface area contributed by atoms with Crippen molar-refractivity contribution in [1.29, 1.82) is 0 Å². The molecule has 0 bridgehead atoms. The first-order valence-corrected chi connectivity index (χ1v) is 9.13. The van der Waals surface area contributed by atoms with Crippen LogP contribution >= 0.6 is 0 Å². The van der Waals surface area contributed by atoms with Crippen LogP contribution in [-0.2, 0) is 16.1 Å². The number of pyridine rings is 1. The van der Waals surface area contributed by atoms with E-state index in [0.29, 0.717) is 32.6 Å². The van der Waals surface area contributed by atoms with Crippen molar-refractivity contribution in [3.63, 3.8) is 0 Å². The molecule has 1 heterocycles. The number of hydrogen-bond donors (Lipinski definition) is 1. The average molecular weight is 377 g/mol. The number of rotatable bonds is 9. The number of aromatic nitrogens is 1. The Labute approximate surface area is 162 Å². The number of amides is 2. The van der Waals surface area contributed by atoms with E-state index < -0.39 is 5.60 Å². The topological polar surface area (TPSA) is 74.8 Å². The van der Waals surface area contributed by atoms with Crippen LogP contribution in [0.2, 0.25) is 0 Å². The van der Waals surface area contributed by atoms with Crippen molar-refractivity contribution in [2.45, 2.75) is 39.3 Å². The summed E-state index contributed by atoms with van der Waals surface area (Å²) in [5.74, 6) is -0.132. The first-order chi connectivity index (χ1) is 12.7. The molecule has 0 spiro atoms. The standard InChI is InChI=1S/C20H32N4O3/c1-20(2,3)27-19(26)24(16-17-9-6-11-21-15-17)14-8-12-22-18(25)10-7-13-23(4)5/h6-7,9-11,15H,8,12-14,16H2,1-5H3,(H,22,25)/b10-7+. The molecule has 7 nitrogen and oxygen atoms in total. The van der Waals surface area contributed by atoms with Gasteiger partial charge in [-0.3, -0.25) is 9.78 Å². The first kappa shape index (κ1) is 22.6. The van der Waals surface area contributed by atoms with E-state index in [9.17, 15) is 9.59 Å². The van der Waals surface area contributed by atoms with E-state index in [0.717, 1.165) is 5.56 Å². The van der Waals surface area contributed by atoms with Crippen molar-refractivity contribution in [1.82, 2.24) is 20.1 Å². The quantitative estimate of drug-likeness (QED) is 0.529. The molecule has 150 valence electrons. The zero-order valence-electron chi connectivity index (χ0n) is 17.1. The van der Waals surface area contributed by atoms with Crippen LogP contribution in [0.4, 0.5) is 4.79 Å². The maximum absolute atomic E-state index is 12.5. The highest BCUT2D eigenvalue weighted by Crippen LogP contribution is 2.12. The van der Waals surface area contributed by atoms with Gasteiger partial charge in [-0.25, -0.2) is 4.79 Å². The molecule has 1 aromatic rings. The van der Waals surface area contributed by atoms with E-state index >= 15 is 0 Å². The van der Waals surface area contributed by atoms with Crippen LogP contribution < -0.4 is 5.32 Å². The van der Waals surface area contributed by atoms with E-state index in [4.69, 9.17) is 4.74 Å². The van der Waals surface area contributed by atoms with Crippen LogP contribution in [0.5, 0.6) is 0 Å². The van der Waals surface area contributed by atoms with Crippen molar-refractivity contribution >= 4 is 12.0 Å². The van der Waals surface area contributed by atoms with Crippen LogP contribution in [0, 0.1) is 0 Å². The molecule has 0 radical (unpaired) electrons. The van der Waals surface area contributed by atoms with Gasteiger partial charge in [-0.2, -0.15) is 0 Å². The largest absolute Gasteiger partial charge is 0.444 e. The zero-order valence-corrected chi connectivity index (χ0v) is 17.1. The number of carbonyl (C=O) groups excluding carboxylic acids is 2. The molecule has 2 amide bonds. The van der Waals surface area contributed by atoms with E-state index in [1.807, 2.05) is 58.0 Å². The maximum Gasteiger partial charge on any atom is 0.410 e. The fourth-order valence-electron chi connectivity index (χ4n) is 2.18.